The topological polar surface area (TPSA) is 48.4 Å². The Kier molecular flexibility index (Phi) is 3.97. The summed E-state index contributed by atoms with van der Waals surface area (Å²) in [4.78, 5) is 15.8. The average Bonchev–Trinajstić information content (AvgIpc) is 2.78. The van der Waals surface area contributed by atoms with Gasteiger partial charge in [-0.25, -0.2) is 0 Å². The summed E-state index contributed by atoms with van der Waals surface area (Å²) in [5.41, 5.74) is 1.53. The van der Waals surface area contributed by atoms with Gasteiger partial charge in [-0.1, -0.05) is 6.07 Å². The Hall–Kier alpha value is -1.42. The number of carbonyl (C=O) groups is 1. The molecule has 1 fully saturated rings. The van der Waals surface area contributed by atoms with Crippen LogP contribution in [0.2, 0.25) is 0 Å². The van der Waals surface area contributed by atoms with Crippen molar-refractivity contribution in [1.29, 1.82) is 0 Å². The zero-order valence-electron chi connectivity index (χ0n) is 10.9. The van der Waals surface area contributed by atoms with Gasteiger partial charge in [-0.05, 0) is 38.3 Å². The van der Waals surface area contributed by atoms with Crippen molar-refractivity contribution in [3.8, 4) is 0 Å². The van der Waals surface area contributed by atoms with Gasteiger partial charge in [0.2, 0.25) is 0 Å². The van der Waals surface area contributed by atoms with Gasteiger partial charge in [0.25, 0.3) is 0 Å². The first kappa shape index (κ1) is 13.0. The van der Waals surface area contributed by atoms with Crippen LogP contribution in [0.3, 0.4) is 0 Å². The van der Waals surface area contributed by atoms with Crippen molar-refractivity contribution in [2.75, 3.05) is 13.2 Å². The summed E-state index contributed by atoms with van der Waals surface area (Å²) < 4.78 is 10.8. The molecule has 18 heavy (non-hydrogen) atoms. The van der Waals surface area contributed by atoms with Crippen LogP contribution in [0.25, 0.3) is 0 Å². The molecule has 0 bridgehead atoms. The van der Waals surface area contributed by atoms with E-state index in [0.717, 1.165) is 30.7 Å². The molecule has 2 rings (SSSR count). The molecule has 0 aliphatic carbocycles. The summed E-state index contributed by atoms with van der Waals surface area (Å²) in [6.45, 7) is 5.00. The minimum Gasteiger partial charge on any atom is -0.462 e. The smallest absolute Gasteiger partial charge is 0.310 e. The van der Waals surface area contributed by atoms with Crippen LogP contribution in [0.15, 0.2) is 18.3 Å². The number of ether oxygens (including phenoxy) is 2. The largest absolute Gasteiger partial charge is 0.462 e. The maximum absolute atomic E-state index is 11.7. The summed E-state index contributed by atoms with van der Waals surface area (Å²) in [5.74, 6) is -0.225. The molecule has 0 radical (unpaired) electrons. The molecular formula is C14H19NO3. The number of hydrogen-bond acceptors (Lipinski definition) is 4. The third-order valence-corrected chi connectivity index (χ3v) is 3.16. The van der Waals surface area contributed by atoms with Gasteiger partial charge in [-0.2, -0.15) is 0 Å². The highest BCUT2D eigenvalue weighted by Crippen LogP contribution is 2.25. The van der Waals surface area contributed by atoms with Crippen LogP contribution in [-0.4, -0.2) is 29.8 Å². The molecule has 0 aromatic carbocycles. The molecule has 1 aromatic heterocycles. The van der Waals surface area contributed by atoms with Crippen LogP contribution in [0.5, 0.6) is 0 Å². The van der Waals surface area contributed by atoms with Crippen molar-refractivity contribution < 1.29 is 14.3 Å². The second-order valence-electron chi connectivity index (χ2n) is 5.05. The molecule has 98 valence electrons. The molecule has 0 saturated carbocycles. The van der Waals surface area contributed by atoms with Crippen molar-refractivity contribution >= 4 is 5.97 Å². The van der Waals surface area contributed by atoms with Gasteiger partial charge in [-0.15, -0.1) is 0 Å². The van der Waals surface area contributed by atoms with Crippen molar-refractivity contribution in [2.24, 2.45) is 0 Å². The summed E-state index contributed by atoms with van der Waals surface area (Å²) in [6.07, 6.45) is 3.97. The summed E-state index contributed by atoms with van der Waals surface area (Å²) in [7, 11) is 0. The molecule has 0 N–H and O–H groups in total. The zero-order chi connectivity index (χ0) is 13.0. The fourth-order valence-corrected chi connectivity index (χ4v) is 2.00. The molecule has 1 aliphatic heterocycles. The van der Waals surface area contributed by atoms with E-state index in [-0.39, 0.29) is 18.0 Å². The Bertz CT molecular complexity index is 408. The number of pyridine rings is 1. The molecule has 2 heterocycles. The first-order chi connectivity index (χ1) is 8.57. The molecule has 4 heteroatoms. The van der Waals surface area contributed by atoms with Gasteiger partial charge >= 0.3 is 5.97 Å². The molecule has 0 amide bonds. The Morgan fingerprint density at radius 2 is 2.39 bits per heavy atom. The van der Waals surface area contributed by atoms with E-state index in [4.69, 9.17) is 9.47 Å². The van der Waals surface area contributed by atoms with Gasteiger partial charge in [0, 0.05) is 18.5 Å². The molecule has 1 aliphatic rings. The van der Waals surface area contributed by atoms with E-state index in [2.05, 4.69) is 4.98 Å². The Balaban J connectivity index is 1.80. The van der Waals surface area contributed by atoms with Crippen molar-refractivity contribution in [3.63, 3.8) is 0 Å². The zero-order valence-corrected chi connectivity index (χ0v) is 10.9. The predicted octanol–water partition coefficient (Wildman–Crippen LogP) is 2.04. The third kappa shape index (κ3) is 3.53. The van der Waals surface area contributed by atoms with Crippen molar-refractivity contribution in [2.45, 2.75) is 38.7 Å². The monoisotopic (exact) mass is 249 g/mol. The first-order valence-electron chi connectivity index (χ1n) is 6.29. The molecule has 1 atom stereocenters. The lowest BCUT2D eigenvalue weighted by Crippen LogP contribution is -2.31. The molecule has 1 saturated heterocycles. The minimum atomic E-state index is -0.290. The standard InChI is InChI=1S/C14H19NO3/c1-11-4-5-12(9-15-11)8-13(16)17-10-14(2)6-3-7-18-14/h4-5,9H,3,6-8,10H2,1-2H3/t14-/m1/s1. The van der Waals surface area contributed by atoms with E-state index in [0.29, 0.717) is 6.61 Å². The first-order valence-corrected chi connectivity index (χ1v) is 6.29. The summed E-state index contributed by atoms with van der Waals surface area (Å²) >= 11 is 0. The number of hydrogen-bond donors (Lipinski definition) is 0. The highest BCUT2D eigenvalue weighted by molar-refractivity contribution is 5.72. The number of esters is 1. The van der Waals surface area contributed by atoms with Crippen LogP contribution in [-0.2, 0) is 20.7 Å². The van der Waals surface area contributed by atoms with E-state index >= 15 is 0 Å². The van der Waals surface area contributed by atoms with Crippen LogP contribution in [0, 0.1) is 6.92 Å². The normalized spacial score (nSPS) is 23.0. The molecule has 0 spiro atoms. The van der Waals surface area contributed by atoms with E-state index in [1.807, 2.05) is 26.0 Å². The Morgan fingerprint density at radius 3 is 3.00 bits per heavy atom. The molecule has 1 aromatic rings. The van der Waals surface area contributed by atoms with Crippen molar-refractivity contribution in [1.82, 2.24) is 4.98 Å². The SMILES string of the molecule is Cc1ccc(CC(=O)OC[C@@]2(C)CCCO2)cn1. The minimum absolute atomic E-state index is 0.225. The van der Waals surface area contributed by atoms with Crippen LogP contribution in [0.1, 0.15) is 31.0 Å². The quantitative estimate of drug-likeness (QED) is 0.766. The van der Waals surface area contributed by atoms with E-state index in [9.17, 15) is 4.79 Å². The summed E-state index contributed by atoms with van der Waals surface area (Å²) in [5, 5.41) is 0. The van der Waals surface area contributed by atoms with Crippen molar-refractivity contribution in [3.05, 3.63) is 29.6 Å². The maximum Gasteiger partial charge on any atom is 0.310 e. The highest BCUT2D eigenvalue weighted by Gasteiger charge is 2.31. The Morgan fingerprint density at radius 1 is 1.56 bits per heavy atom. The molecule has 4 nitrogen and oxygen atoms in total. The third-order valence-electron chi connectivity index (χ3n) is 3.16. The van der Waals surface area contributed by atoms with E-state index in [1.165, 1.54) is 0 Å². The fraction of sp³-hybridized carbons (Fsp3) is 0.571. The van der Waals surface area contributed by atoms with Crippen LogP contribution in [0.4, 0.5) is 0 Å². The maximum atomic E-state index is 11.7. The highest BCUT2D eigenvalue weighted by atomic mass is 16.6. The van der Waals surface area contributed by atoms with E-state index in [1.54, 1.807) is 6.20 Å². The lowest BCUT2D eigenvalue weighted by molar-refractivity contribution is -0.150. The van der Waals surface area contributed by atoms with Gasteiger partial charge < -0.3 is 9.47 Å². The van der Waals surface area contributed by atoms with Gasteiger partial charge in [0.1, 0.15) is 6.61 Å². The average molecular weight is 249 g/mol. The number of aryl methyl sites for hydroxylation is 1. The number of nitrogens with zero attached hydrogens (tertiary/aromatic N) is 1. The molecular weight excluding hydrogens is 230 g/mol. The second kappa shape index (κ2) is 5.48. The lowest BCUT2D eigenvalue weighted by atomic mass is 10.0. The van der Waals surface area contributed by atoms with Gasteiger partial charge in [0.15, 0.2) is 0 Å². The predicted molar refractivity (Wildman–Crippen MR) is 67.2 cm³/mol. The van der Waals surface area contributed by atoms with Gasteiger partial charge in [-0.3, -0.25) is 9.78 Å². The number of rotatable bonds is 4. The number of aromatic nitrogens is 1. The Labute approximate surface area is 107 Å². The second-order valence-corrected chi connectivity index (χ2v) is 5.05. The lowest BCUT2D eigenvalue weighted by Gasteiger charge is -2.22. The molecule has 0 unspecified atom stereocenters. The van der Waals surface area contributed by atoms with Crippen LogP contribution >= 0.6 is 0 Å². The van der Waals surface area contributed by atoms with Gasteiger partial charge in [0.05, 0.1) is 12.0 Å². The number of carbonyl (C=O) groups excluding carboxylic acids is 1. The fourth-order valence-electron chi connectivity index (χ4n) is 2.00. The van der Waals surface area contributed by atoms with Crippen LogP contribution < -0.4 is 0 Å². The summed E-state index contributed by atoms with van der Waals surface area (Å²) in [6, 6.07) is 3.79. The van der Waals surface area contributed by atoms with E-state index < -0.39 is 0 Å².